The summed E-state index contributed by atoms with van der Waals surface area (Å²) in [6.45, 7) is 2.72. The molecule has 202 valence electrons. The van der Waals surface area contributed by atoms with Gasteiger partial charge in [-0.3, -0.25) is 14.5 Å². The standard InChI is InChI=1S/C31H29F3N2O3/c1-2-3-17-39-23-15-13-20(14-16-23)22-18-25-28(27(37)19-22)29(21-9-5-4-6-10-21)36(30(38)31(32,33)34)26-12-8-7-11-24(26)35-25/h4-16,22,29,35H,2-3,17-19H2,1H3. The SMILES string of the molecule is CCCCOc1ccc(C2CC(=O)C3=C(C2)Nc2ccccc2N(C(=O)C(F)(F)F)C3c2ccccc2)cc1. The Kier molecular flexibility index (Phi) is 7.46. The van der Waals surface area contributed by atoms with E-state index in [9.17, 15) is 22.8 Å². The molecule has 0 saturated heterocycles. The molecule has 2 unspecified atom stereocenters. The van der Waals surface area contributed by atoms with Crippen LogP contribution in [0.5, 0.6) is 5.75 Å². The molecule has 1 aliphatic carbocycles. The molecule has 1 N–H and O–H groups in total. The first kappa shape index (κ1) is 26.5. The van der Waals surface area contributed by atoms with Crippen LogP contribution in [0.15, 0.2) is 90.1 Å². The molecule has 8 heteroatoms. The van der Waals surface area contributed by atoms with Crippen LogP contribution in [0.25, 0.3) is 0 Å². The maximum Gasteiger partial charge on any atom is 0.471 e. The number of allylic oxidation sites excluding steroid dienone is 1. The number of fused-ring (bicyclic) bond motifs is 1. The van der Waals surface area contributed by atoms with Crippen LogP contribution in [0, 0.1) is 0 Å². The summed E-state index contributed by atoms with van der Waals surface area (Å²) in [5.74, 6) is -1.74. The molecule has 39 heavy (non-hydrogen) atoms. The molecule has 2 atom stereocenters. The van der Waals surface area contributed by atoms with Crippen LogP contribution in [0.3, 0.4) is 0 Å². The second-order valence-corrected chi connectivity index (χ2v) is 9.82. The lowest BCUT2D eigenvalue weighted by atomic mass is 9.78. The van der Waals surface area contributed by atoms with Gasteiger partial charge in [0.25, 0.3) is 0 Å². The highest BCUT2D eigenvalue weighted by Gasteiger charge is 2.49. The highest BCUT2D eigenvalue weighted by molar-refractivity contribution is 6.07. The van der Waals surface area contributed by atoms with Crippen molar-refractivity contribution in [3.63, 3.8) is 0 Å². The zero-order valence-corrected chi connectivity index (χ0v) is 21.5. The van der Waals surface area contributed by atoms with Crippen molar-refractivity contribution in [3.8, 4) is 5.75 Å². The van der Waals surface area contributed by atoms with Crippen molar-refractivity contribution in [2.45, 2.75) is 50.7 Å². The fourth-order valence-corrected chi connectivity index (χ4v) is 5.31. The Morgan fingerprint density at radius 1 is 0.949 bits per heavy atom. The first-order chi connectivity index (χ1) is 18.8. The van der Waals surface area contributed by atoms with Gasteiger partial charge in [0.2, 0.25) is 0 Å². The quantitative estimate of drug-likeness (QED) is 0.337. The second kappa shape index (κ2) is 11.0. The lowest BCUT2D eigenvalue weighted by Crippen LogP contribution is -2.45. The molecule has 0 bridgehead atoms. The lowest BCUT2D eigenvalue weighted by molar-refractivity contribution is -0.170. The summed E-state index contributed by atoms with van der Waals surface area (Å²) in [7, 11) is 0. The van der Waals surface area contributed by atoms with E-state index in [0.717, 1.165) is 29.1 Å². The van der Waals surface area contributed by atoms with Gasteiger partial charge in [0.15, 0.2) is 5.78 Å². The molecule has 0 radical (unpaired) electrons. The monoisotopic (exact) mass is 534 g/mol. The van der Waals surface area contributed by atoms with Gasteiger partial charge in [0.05, 0.1) is 24.0 Å². The number of hydrogen-bond acceptors (Lipinski definition) is 4. The number of carbonyl (C=O) groups excluding carboxylic acids is 2. The molecule has 5 rings (SSSR count). The fraction of sp³-hybridized carbons (Fsp3) is 0.290. The molecular weight excluding hydrogens is 505 g/mol. The van der Waals surface area contributed by atoms with E-state index in [0.29, 0.717) is 30.0 Å². The lowest BCUT2D eigenvalue weighted by Gasteiger charge is -2.35. The number of carbonyl (C=O) groups is 2. The van der Waals surface area contributed by atoms with Crippen molar-refractivity contribution in [2.75, 3.05) is 16.8 Å². The van der Waals surface area contributed by atoms with E-state index < -0.39 is 18.1 Å². The number of anilines is 2. The molecule has 1 heterocycles. The van der Waals surface area contributed by atoms with Crippen LogP contribution in [-0.4, -0.2) is 24.5 Å². The highest BCUT2D eigenvalue weighted by Crippen LogP contribution is 2.48. The Bertz CT molecular complexity index is 1380. The number of benzene rings is 3. The number of nitrogens with one attached hydrogen (secondary N) is 1. The molecule has 0 aromatic heterocycles. The van der Waals surface area contributed by atoms with Crippen molar-refractivity contribution in [1.29, 1.82) is 0 Å². The van der Waals surface area contributed by atoms with Gasteiger partial charge in [-0.25, -0.2) is 0 Å². The Morgan fingerprint density at radius 3 is 2.33 bits per heavy atom. The number of ketones is 1. The van der Waals surface area contributed by atoms with E-state index in [4.69, 9.17) is 4.74 Å². The molecular formula is C31H29F3N2O3. The summed E-state index contributed by atoms with van der Waals surface area (Å²) in [6.07, 6.45) is -2.62. The van der Waals surface area contributed by atoms with E-state index >= 15 is 0 Å². The highest BCUT2D eigenvalue weighted by atomic mass is 19.4. The molecule has 2 aliphatic rings. The summed E-state index contributed by atoms with van der Waals surface area (Å²) in [5, 5.41) is 3.25. The number of hydrogen-bond donors (Lipinski definition) is 1. The summed E-state index contributed by atoms with van der Waals surface area (Å²) in [6, 6.07) is 21.2. The van der Waals surface area contributed by atoms with Gasteiger partial charge in [-0.05, 0) is 54.2 Å². The average molecular weight is 535 g/mol. The Balaban J connectivity index is 1.58. The summed E-state index contributed by atoms with van der Waals surface area (Å²) in [5.41, 5.74) is 2.50. The maximum atomic E-state index is 14.0. The van der Waals surface area contributed by atoms with Gasteiger partial charge in [0.1, 0.15) is 5.75 Å². The molecule has 3 aromatic rings. The summed E-state index contributed by atoms with van der Waals surface area (Å²) >= 11 is 0. The minimum Gasteiger partial charge on any atom is -0.494 e. The van der Waals surface area contributed by atoms with Crippen molar-refractivity contribution in [1.82, 2.24) is 0 Å². The van der Waals surface area contributed by atoms with Crippen LogP contribution >= 0.6 is 0 Å². The number of nitrogens with zero attached hydrogens (tertiary/aromatic N) is 1. The zero-order valence-electron chi connectivity index (χ0n) is 21.5. The molecule has 5 nitrogen and oxygen atoms in total. The van der Waals surface area contributed by atoms with Gasteiger partial charge in [0, 0.05) is 17.7 Å². The van der Waals surface area contributed by atoms with Gasteiger partial charge >= 0.3 is 12.1 Å². The predicted octanol–water partition coefficient (Wildman–Crippen LogP) is 7.33. The third-order valence-corrected chi connectivity index (χ3v) is 7.18. The van der Waals surface area contributed by atoms with Gasteiger partial charge in [-0.15, -0.1) is 0 Å². The smallest absolute Gasteiger partial charge is 0.471 e. The van der Waals surface area contributed by atoms with E-state index in [1.165, 1.54) is 6.07 Å². The van der Waals surface area contributed by atoms with Crippen LogP contribution in [0.1, 0.15) is 55.7 Å². The van der Waals surface area contributed by atoms with Crippen LogP contribution in [-0.2, 0) is 9.59 Å². The maximum absolute atomic E-state index is 14.0. The van der Waals surface area contributed by atoms with Gasteiger partial charge < -0.3 is 10.1 Å². The van der Waals surface area contributed by atoms with E-state index in [2.05, 4.69) is 12.2 Å². The van der Waals surface area contributed by atoms with Crippen LogP contribution < -0.4 is 15.0 Å². The first-order valence-corrected chi connectivity index (χ1v) is 13.1. The van der Waals surface area contributed by atoms with Crippen molar-refractivity contribution in [3.05, 3.63) is 101 Å². The van der Waals surface area contributed by atoms with Crippen molar-refractivity contribution in [2.24, 2.45) is 0 Å². The van der Waals surface area contributed by atoms with Crippen LogP contribution in [0.4, 0.5) is 24.5 Å². The fourth-order valence-electron chi connectivity index (χ4n) is 5.31. The van der Waals surface area contributed by atoms with Gasteiger partial charge in [-0.2, -0.15) is 13.2 Å². The number of ether oxygens (including phenoxy) is 1. The van der Waals surface area contributed by atoms with Gasteiger partial charge in [-0.1, -0.05) is 67.9 Å². The zero-order chi connectivity index (χ0) is 27.6. The van der Waals surface area contributed by atoms with E-state index in [1.807, 2.05) is 24.3 Å². The third-order valence-electron chi connectivity index (χ3n) is 7.18. The minimum atomic E-state index is -5.13. The number of halogens is 3. The molecule has 0 saturated carbocycles. The van der Waals surface area contributed by atoms with E-state index in [-0.39, 0.29) is 29.4 Å². The Hall–Kier alpha value is -4.07. The van der Waals surface area contributed by atoms with Crippen LogP contribution in [0.2, 0.25) is 0 Å². The predicted molar refractivity (Wildman–Crippen MR) is 144 cm³/mol. The Morgan fingerprint density at radius 2 is 1.64 bits per heavy atom. The topological polar surface area (TPSA) is 58.6 Å². The van der Waals surface area contributed by atoms with E-state index in [1.54, 1.807) is 48.5 Å². The van der Waals surface area contributed by atoms with Crippen molar-refractivity contribution < 1.29 is 27.5 Å². The van der Waals surface area contributed by atoms with Crippen molar-refractivity contribution >= 4 is 23.1 Å². The molecule has 1 aliphatic heterocycles. The first-order valence-electron chi connectivity index (χ1n) is 13.1. The summed E-state index contributed by atoms with van der Waals surface area (Å²) in [4.78, 5) is 27.5. The number of alkyl halides is 3. The third kappa shape index (κ3) is 5.41. The number of Topliss-reactive ketones (excluding diaryl/α,β-unsaturated/α-hetero) is 1. The second-order valence-electron chi connectivity index (χ2n) is 9.82. The molecule has 1 amide bonds. The molecule has 0 fully saturated rings. The number of amides is 1. The summed E-state index contributed by atoms with van der Waals surface area (Å²) < 4.78 is 47.6. The molecule has 0 spiro atoms. The minimum absolute atomic E-state index is 0.0704. The average Bonchev–Trinajstić information content (AvgIpc) is 3.07. The normalized spacial score (nSPS) is 19.1. The number of unbranched alkanes of at least 4 members (excludes halogenated alkanes) is 1. The number of rotatable bonds is 6. The number of para-hydroxylation sites is 2. The Labute approximate surface area is 225 Å². The molecule has 3 aromatic carbocycles. The largest absolute Gasteiger partial charge is 0.494 e.